The molecule has 0 aliphatic carbocycles. The molecule has 0 spiro atoms. The summed E-state index contributed by atoms with van der Waals surface area (Å²) >= 11 is 0. The fourth-order valence-corrected chi connectivity index (χ4v) is 2.45. The first-order chi connectivity index (χ1) is 12.9. The van der Waals surface area contributed by atoms with E-state index in [1.807, 2.05) is 6.92 Å². The Kier molecular flexibility index (Phi) is 5.21. The Hall–Kier alpha value is -3.22. The van der Waals surface area contributed by atoms with Crippen molar-refractivity contribution in [2.45, 2.75) is 20.8 Å². The van der Waals surface area contributed by atoms with Crippen molar-refractivity contribution in [3.05, 3.63) is 42.5 Å². The molecule has 3 rings (SSSR count). The summed E-state index contributed by atoms with van der Waals surface area (Å²) in [7, 11) is 0. The Morgan fingerprint density at radius 3 is 2.22 bits per heavy atom. The fourth-order valence-electron chi connectivity index (χ4n) is 2.45. The van der Waals surface area contributed by atoms with Crippen molar-refractivity contribution in [1.82, 2.24) is 0 Å². The standard InChI is InChI=1S/C20H22N2O5/c1-4-25-15-8-5-13(6-9-15)21-18(23)20(2,3)19(24)22-14-7-10-16-17(11-14)27-12-26-16/h5-11H,4,12H2,1-3H3,(H,21,23)(H,22,24). The Morgan fingerprint density at radius 1 is 0.963 bits per heavy atom. The van der Waals surface area contributed by atoms with Crippen molar-refractivity contribution >= 4 is 23.2 Å². The minimum absolute atomic E-state index is 0.155. The van der Waals surface area contributed by atoms with Crippen LogP contribution in [0.3, 0.4) is 0 Å². The third kappa shape index (κ3) is 4.13. The second-order valence-corrected chi connectivity index (χ2v) is 6.56. The number of carbonyl (C=O) groups is 2. The van der Waals surface area contributed by atoms with Crippen LogP contribution < -0.4 is 24.8 Å². The highest BCUT2D eigenvalue weighted by atomic mass is 16.7. The minimum atomic E-state index is -1.28. The van der Waals surface area contributed by atoms with Gasteiger partial charge in [-0.1, -0.05) is 0 Å². The van der Waals surface area contributed by atoms with Crippen LogP contribution >= 0.6 is 0 Å². The maximum Gasteiger partial charge on any atom is 0.239 e. The zero-order valence-corrected chi connectivity index (χ0v) is 15.5. The predicted molar refractivity (Wildman–Crippen MR) is 101 cm³/mol. The van der Waals surface area contributed by atoms with Crippen LogP contribution in [0.5, 0.6) is 17.2 Å². The second kappa shape index (κ2) is 7.57. The van der Waals surface area contributed by atoms with Gasteiger partial charge in [0.2, 0.25) is 18.6 Å². The maximum atomic E-state index is 12.6. The summed E-state index contributed by atoms with van der Waals surface area (Å²) in [6.07, 6.45) is 0. The fraction of sp³-hybridized carbons (Fsp3) is 0.300. The van der Waals surface area contributed by atoms with E-state index in [9.17, 15) is 9.59 Å². The van der Waals surface area contributed by atoms with Crippen LogP contribution in [0.25, 0.3) is 0 Å². The summed E-state index contributed by atoms with van der Waals surface area (Å²) in [5.74, 6) is 1.06. The number of carbonyl (C=O) groups excluding carboxylic acids is 2. The molecule has 2 aromatic carbocycles. The number of ether oxygens (including phenoxy) is 3. The molecule has 0 saturated carbocycles. The van der Waals surface area contributed by atoms with Crippen LogP contribution in [-0.2, 0) is 9.59 Å². The molecule has 0 radical (unpaired) electrons. The van der Waals surface area contributed by atoms with Gasteiger partial charge in [-0.25, -0.2) is 0 Å². The number of benzene rings is 2. The van der Waals surface area contributed by atoms with Gasteiger partial charge in [0.05, 0.1) is 6.61 Å². The minimum Gasteiger partial charge on any atom is -0.494 e. The monoisotopic (exact) mass is 370 g/mol. The SMILES string of the molecule is CCOc1ccc(NC(=O)C(C)(C)C(=O)Nc2ccc3c(c2)OCO3)cc1. The number of hydrogen-bond acceptors (Lipinski definition) is 5. The van der Waals surface area contributed by atoms with Crippen molar-refractivity contribution in [1.29, 1.82) is 0 Å². The number of anilines is 2. The molecule has 27 heavy (non-hydrogen) atoms. The van der Waals surface area contributed by atoms with Gasteiger partial charge in [0.15, 0.2) is 11.5 Å². The summed E-state index contributed by atoms with van der Waals surface area (Å²) in [5, 5.41) is 5.51. The summed E-state index contributed by atoms with van der Waals surface area (Å²) in [6.45, 7) is 5.76. The van der Waals surface area contributed by atoms with E-state index in [1.165, 1.54) is 0 Å². The van der Waals surface area contributed by atoms with Crippen LogP contribution in [0.15, 0.2) is 42.5 Å². The van der Waals surface area contributed by atoms with Crippen LogP contribution in [0.4, 0.5) is 11.4 Å². The highest BCUT2D eigenvalue weighted by Gasteiger charge is 2.36. The smallest absolute Gasteiger partial charge is 0.239 e. The quantitative estimate of drug-likeness (QED) is 0.761. The molecule has 1 aliphatic rings. The Balaban J connectivity index is 1.65. The molecule has 0 saturated heterocycles. The third-order valence-electron chi connectivity index (χ3n) is 4.19. The van der Waals surface area contributed by atoms with Crippen LogP contribution in [0.1, 0.15) is 20.8 Å². The van der Waals surface area contributed by atoms with Gasteiger partial charge in [0.25, 0.3) is 0 Å². The molecular weight excluding hydrogens is 348 g/mol. The first-order valence-corrected chi connectivity index (χ1v) is 8.65. The van der Waals surface area contributed by atoms with Gasteiger partial charge in [-0.05, 0) is 57.2 Å². The Morgan fingerprint density at radius 2 is 1.56 bits per heavy atom. The molecule has 0 unspecified atom stereocenters. The van der Waals surface area contributed by atoms with E-state index in [4.69, 9.17) is 14.2 Å². The van der Waals surface area contributed by atoms with E-state index in [2.05, 4.69) is 10.6 Å². The number of rotatable bonds is 6. The van der Waals surface area contributed by atoms with Gasteiger partial charge in [-0.15, -0.1) is 0 Å². The molecule has 2 amide bonds. The van der Waals surface area contributed by atoms with Gasteiger partial charge in [-0.2, -0.15) is 0 Å². The highest BCUT2D eigenvalue weighted by molar-refractivity contribution is 6.14. The molecule has 0 bridgehead atoms. The summed E-state index contributed by atoms with van der Waals surface area (Å²) in [6, 6.07) is 12.1. The largest absolute Gasteiger partial charge is 0.494 e. The molecule has 2 aromatic rings. The maximum absolute atomic E-state index is 12.6. The number of nitrogens with one attached hydrogen (secondary N) is 2. The van der Waals surface area contributed by atoms with Crippen molar-refractivity contribution in [2.24, 2.45) is 5.41 Å². The van der Waals surface area contributed by atoms with E-state index in [0.717, 1.165) is 5.75 Å². The third-order valence-corrected chi connectivity index (χ3v) is 4.19. The van der Waals surface area contributed by atoms with E-state index >= 15 is 0 Å². The molecule has 0 aromatic heterocycles. The van der Waals surface area contributed by atoms with Crippen LogP contribution in [-0.4, -0.2) is 25.2 Å². The average molecular weight is 370 g/mol. The van der Waals surface area contributed by atoms with Crippen LogP contribution in [0, 0.1) is 5.41 Å². The lowest BCUT2D eigenvalue weighted by atomic mass is 9.90. The normalized spacial score (nSPS) is 12.4. The second-order valence-electron chi connectivity index (χ2n) is 6.56. The van der Waals surface area contributed by atoms with Gasteiger partial charge in [0, 0.05) is 17.4 Å². The zero-order chi connectivity index (χ0) is 19.4. The number of hydrogen-bond donors (Lipinski definition) is 2. The van der Waals surface area contributed by atoms with Crippen molar-refractivity contribution in [3.8, 4) is 17.2 Å². The van der Waals surface area contributed by atoms with Crippen LogP contribution in [0.2, 0.25) is 0 Å². The molecule has 1 heterocycles. The van der Waals surface area contributed by atoms with E-state index in [0.29, 0.717) is 29.5 Å². The Bertz CT molecular complexity index is 846. The van der Waals surface area contributed by atoms with E-state index < -0.39 is 17.2 Å². The topological polar surface area (TPSA) is 85.9 Å². The summed E-state index contributed by atoms with van der Waals surface area (Å²) in [4.78, 5) is 25.3. The van der Waals surface area contributed by atoms with Crippen molar-refractivity contribution < 1.29 is 23.8 Å². The van der Waals surface area contributed by atoms with Gasteiger partial charge in [-0.3, -0.25) is 9.59 Å². The first-order valence-electron chi connectivity index (χ1n) is 8.65. The van der Waals surface area contributed by atoms with Crippen molar-refractivity contribution in [3.63, 3.8) is 0 Å². The number of fused-ring (bicyclic) bond motifs is 1. The van der Waals surface area contributed by atoms with Crippen molar-refractivity contribution in [2.75, 3.05) is 24.0 Å². The van der Waals surface area contributed by atoms with Gasteiger partial charge < -0.3 is 24.8 Å². The number of amides is 2. The Labute approximate surface area is 157 Å². The molecular formula is C20H22N2O5. The molecule has 0 fully saturated rings. The molecule has 1 aliphatic heterocycles. The lowest BCUT2D eigenvalue weighted by Crippen LogP contribution is -2.41. The first kappa shape index (κ1) is 18.6. The summed E-state index contributed by atoms with van der Waals surface area (Å²) < 4.78 is 15.9. The zero-order valence-electron chi connectivity index (χ0n) is 15.5. The van der Waals surface area contributed by atoms with Gasteiger partial charge >= 0.3 is 0 Å². The molecule has 2 N–H and O–H groups in total. The molecule has 7 nitrogen and oxygen atoms in total. The van der Waals surface area contributed by atoms with Gasteiger partial charge in [0.1, 0.15) is 11.2 Å². The molecule has 7 heteroatoms. The van der Waals surface area contributed by atoms with E-state index in [1.54, 1.807) is 56.3 Å². The molecule has 0 atom stereocenters. The molecule has 142 valence electrons. The lowest BCUT2D eigenvalue weighted by molar-refractivity contribution is -0.135. The lowest BCUT2D eigenvalue weighted by Gasteiger charge is -2.23. The predicted octanol–water partition coefficient (Wildman–Crippen LogP) is 3.42. The summed E-state index contributed by atoms with van der Waals surface area (Å²) in [5.41, 5.74) is -0.159. The van der Waals surface area contributed by atoms with E-state index in [-0.39, 0.29) is 6.79 Å². The highest BCUT2D eigenvalue weighted by Crippen LogP contribution is 2.34. The average Bonchev–Trinajstić information content (AvgIpc) is 3.11.